The lowest BCUT2D eigenvalue weighted by molar-refractivity contribution is -0.147. The fraction of sp³-hybridized carbons (Fsp3) is 0.680. The number of carbonyl (C=O) groups excluding carboxylic acids is 2. The third kappa shape index (κ3) is 4.64. The van der Waals surface area contributed by atoms with Gasteiger partial charge in [-0.2, -0.15) is 0 Å². The zero-order valence-corrected chi connectivity index (χ0v) is 18.2. The molecule has 168 valence electrons. The zero-order chi connectivity index (χ0) is 21.4. The first kappa shape index (κ1) is 20.9. The Morgan fingerprint density at radius 3 is 2.13 bits per heavy atom. The smallest absolute Gasteiger partial charge is 0.239 e. The molecule has 6 rings (SSSR count). The normalized spacial score (nSPS) is 32.7. The van der Waals surface area contributed by atoms with Crippen LogP contribution in [0.5, 0.6) is 0 Å². The third-order valence-electron chi connectivity index (χ3n) is 8.20. The Hall–Kier alpha value is -1.95. The van der Waals surface area contributed by atoms with Crippen molar-refractivity contribution in [3.8, 4) is 0 Å². The monoisotopic (exact) mass is 427 g/mol. The zero-order valence-electron chi connectivity index (χ0n) is 18.2. The molecule has 31 heavy (non-hydrogen) atoms. The average Bonchev–Trinajstić information content (AvgIpc) is 2.74. The van der Waals surface area contributed by atoms with Crippen LogP contribution in [0.25, 0.3) is 0 Å². The summed E-state index contributed by atoms with van der Waals surface area (Å²) < 4.78 is 13.1. The number of rotatable bonds is 6. The van der Waals surface area contributed by atoms with Gasteiger partial charge in [0.15, 0.2) is 0 Å². The molecule has 0 unspecified atom stereocenters. The van der Waals surface area contributed by atoms with Gasteiger partial charge in [-0.3, -0.25) is 14.5 Å². The molecule has 1 aromatic carbocycles. The van der Waals surface area contributed by atoms with E-state index >= 15 is 0 Å². The molecule has 1 heterocycles. The number of benzene rings is 1. The minimum atomic E-state index is -0.208. The molecular weight excluding hydrogens is 393 g/mol. The summed E-state index contributed by atoms with van der Waals surface area (Å²) in [6.45, 7) is 2.71. The predicted molar refractivity (Wildman–Crippen MR) is 116 cm³/mol. The van der Waals surface area contributed by atoms with Gasteiger partial charge >= 0.3 is 0 Å². The first-order valence-electron chi connectivity index (χ1n) is 12.0. The quantitative estimate of drug-likeness (QED) is 0.733. The fourth-order valence-electron chi connectivity index (χ4n) is 7.10. The first-order chi connectivity index (χ1) is 15.0. The molecule has 5 nitrogen and oxygen atoms in total. The number of halogens is 1. The van der Waals surface area contributed by atoms with Crippen LogP contribution in [0.3, 0.4) is 0 Å². The highest BCUT2D eigenvalue weighted by Crippen LogP contribution is 2.60. The van der Waals surface area contributed by atoms with Gasteiger partial charge in [0.2, 0.25) is 11.8 Å². The molecule has 4 saturated carbocycles. The van der Waals surface area contributed by atoms with Gasteiger partial charge in [-0.15, -0.1) is 0 Å². The van der Waals surface area contributed by atoms with Crippen molar-refractivity contribution < 1.29 is 14.0 Å². The molecule has 4 bridgehead atoms. The van der Waals surface area contributed by atoms with Crippen LogP contribution in [0.1, 0.15) is 56.9 Å². The molecule has 1 saturated heterocycles. The molecule has 1 aliphatic heterocycles. The molecule has 0 aromatic heterocycles. The third-order valence-corrected chi connectivity index (χ3v) is 8.20. The van der Waals surface area contributed by atoms with Crippen molar-refractivity contribution in [3.05, 3.63) is 35.6 Å². The molecular formula is C25H34FN3O2. The lowest BCUT2D eigenvalue weighted by Gasteiger charge is -2.55. The Morgan fingerprint density at radius 1 is 0.968 bits per heavy atom. The number of nitrogens with zero attached hydrogens (tertiary/aromatic N) is 1. The molecule has 0 atom stereocenters. The van der Waals surface area contributed by atoms with Crippen LogP contribution in [0.4, 0.5) is 4.39 Å². The first-order valence-corrected chi connectivity index (χ1v) is 12.0. The lowest BCUT2D eigenvalue weighted by Crippen LogP contribution is -2.55. The van der Waals surface area contributed by atoms with E-state index in [1.165, 1.54) is 31.4 Å². The van der Waals surface area contributed by atoms with Gasteiger partial charge in [-0.05, 0) is 86.8 Å². The summed E-state index contributed by atoms with van der Waals surface area (Å²) in [5, 5.41) is 6.09. The Kier molecular flexibility index (Phi) is 5.76. The maximum atomic E-state index is 13.1. The molecule has 6 heteroatoms. The van der Waals surface area contributed by atoms with Crippen molar-refractivity contribution >= 4 is 11.8 Å². The Balaban J connectivity index is 1.04. The Morgan fingerprint density at radius 2 is 1.55 bits per heavy atom. The average molecular weight is 428 g/mol. The second-order valence-electron chi connectivity index (χ2n) is 10.6. The van der Waals surface area contributed by atoms with E-state index in [4.69, 9.17) is 0 Å². The number of nitrogens with one attached hydrogen (secondary N) is 2. The van der Waals surface area contributed by atoms with Crippen molar-refractivity contribution in [2.24, 2.45) is 23.2 Å². The summed E-state index contributed by atoms with van der Waals surface area (Å²) in [5.41, 5.74) is 0.914. The van der Waals surface area contributed by atoms with Crippen LogP contribution in [-0.4, -0.2) is 42.4 Å². The van der Waals surface area contributed by atoms with Gasteiger partial charge in [0.1, 0.15) is 5.82 Å². The van der Waals surface area contributed by atoms with E-state index in [2.05, 4.69) is 15.5 Å². The minimum absolute atomic E-state index is 0.0740. The van der Waals surface area contributed by atoms with E-state index in [1.807, 2.05) is 12.1 Å². The molecule has 4 aliphatic carbocycles. The van der Waals surface area contributed by atoms with Gasteiger partial charge in [0.25, 0.3) is 0 Å². The Bertz CT molecular complexity index is 781. The predicted octanol–water partition coefficient (Wildman–Crippen LogP) is 3.24. The summed E-state index contributed by atoms with van der Waals surface area (Å²) >= 11 is 0. The van der Waals surface area contributed by atoms with Gasteiger partial charge in [-0.1, -0.05) is 12.1 Å². The van der Waals surface area contributed by atoms with Crippen molar-refractivity contribution in [2.45, 2.75) is 64.0 Å². The number of hydrogen-bond donors (Lipinski definition) is 2. The van der Waals surface area contributed by atoms with Crippen LogP contribution in [0.2, 0.25) is 0 Å². The summed E-state index contributed by atoms with van der Waals surface area (Å²) in [7, 11) is 0. The van der Waals surface area contributed by atoms with Gasteiger partial charge in [0.05, 0.1) is 6.54 Å². The van der Waals surface area contributed by atoms with Crippen molar-refractivity contribution in [1.29, 1.82) is 0 Å². The maximum Gasteiger partial charge on any atom is 0.239 e. The van der Waals surface area contributed by atoms with Crippen molar-refractivity contribution in [3.63, 3.8) is 0 Å². The fourth-order valence-corrected chi connectivity index (χ4v) is 7.10. The second kappa shape index (κ2) is 8.53. The van der Waals surface area contributed by atoms with Gasteiger partial charge in [-0.25, -0.2) is 4.39 Å². The molecule has 2 amide bonds. The second-order valence-corrected chi connectivity index (χ2v) is 10.6. The standard InChI is InChI=1S/C25H34FN3O2/c26-21-3-1-17(2-4-21)16-29-7-5-22(6-8-29)28-23(30)15-27-24(31)25-12-18-9-19(13-25)11-20(10-18)14-25/h1-4,18-20,22H,5-16H2,(H,27,31)(H,28,30). The van der Waals surface area contributed by atoms with Crippen LogP contribution < -0.4 is 10.6 Å². The van der Waals surface area contributed by atoms with Crippen LogP contribution in [0, 0.1) is 29.0 Å². The van der Waals surface area contributed by atoms with Crippen molar-refractivity contribution in [2.75, 3.05) is 19.6 Å². The largest absolute Gasteiger partial charge is 0.352 e. The molecule has 0 spiro atoms. The minimum Gasteiger partial charge on any atom is -0.352 e. The van der Waals surface area contributed by atoms with E-state index in [0.717, 1.165) is 75.1 Å². The maximum absolute atomic E-state index is 13.1. The number of amides is 2. The molecule has 0 radical (unpaired) electrons. The van der Waals surface area contributed by atoms with Gasteiger partial charge < -0.3 is 10.6 Å². The molecule has 1 aromatic rings. The summed E-state index contributed by atoms with van der Waals surface area (Å²) in [6, 6.07) is 6.82. The SMILES string of the molecule is O=C(CNC(=O)C12CC3CC(CC(C3)C1)C2)NC1CCN(Cc2ccc(F)cc2)CC1. The molecule has 5 fully saturated rings. The number of hydrogen-bond acceptors (Lipinski definition) is 3. The molecule has 5 aliphatic rings. The number of piperidine rings is 1. The van der Waals surface area contributed by atoms with Crippen molar-refractivity contribution in [1.82, 2.24) is 15.5 Å². The lowest BCUT2D eigenvalue weighted by atomic mass is 9.49. The van der Waals surface area contributed by atoms with Gasteiger partial charge in [0, 0.05) is 31.1 Å². The summed E-state index contributed by atoms with van der Waals surface area (Å²) in [6.07, 6.45) is 8.81. The highest BCUT2D eigenvalue weighted by molar-refractivity contribution is 5.88. The van der Waals surface area contributed by atoms with E-state index in [0.29, 0.717) is 0 Å². The summed E-state index contributed by atoms with van der Waals surface area (Å²) in [5.74, 6) is 2.02. The van der Waals surface area contributed by atoms with Crippen LogP contribution >= 0.6 is 0 Å². The highest BCUT2D eigenvalue weighted by Gasteiger charge is 2.54. The number of carbonyl (C=O) groups is 2. The highest BCUT2D eigenvalue weighted by atomic mass is 19.1. The van der Waals surface area contributed by atoms with E-state index < -0.39 is 0 Å². The van der Waals surface area contributed by atoms with E-state index in [9.17, 15) is 14.0 Å². The Labute approximate surface area is 184 Å². The van der Waals surface area contributed by atoms with E-state index in [1.54, 1.807) is 0 Å². The number of likely N-dealkylation sites (tertiary alicyclic amines) is 1. The van der Waals surface area contributed by atoms with Crippen LogP contribution in [0.15, 0.2) is 24.3 Å². The van der Waals surface area contributed by atoms with Crippen LogP contribution in [-0.2, 0) is 16.1 Å². The molecule has 2 N–H and O–H groups in total. The summed E-state index contributed by atoms with van der Waals surface area (Å²) in [4.78, 5) is 27.8. The topological polar surface area (TPSA) is 61.4 Å². The van der Waals surface area contributed by atoms with E-state index in [-0.39, 0.29) is 35.6 Å².